The number of esters is 1. The van der Waals surface area contributed by atoms with Gasteiger partial charge in [-0.05, 0) is 29.8 Å². The zero-order valence-electron chi connectivity index (χ0n) is 13.1. The maximum atomic E-state index is 12.2. The number of rotatable bonds is 6. The van der Waals surface area contributed by atoms with Gasteiger partial charge in [-0.2, -0.15) is 0 Å². The standard InChI is InChI=1S/C16H17NO5.ClH/c1-19-13-8-12(9-14(20-2)15(13)21-3)16(18)22-10-11-4-6-17-7-5-11;/h4-9H,10H2,1-3H3;1H. The summed E-state index contributed by atoms with van der Waals surface area (Å²) in [7, 11) is 4.48. The van der Waals surface area contributed by atoms with Crippen molar-refractivity contribution in [1.82, 2.24) is 4.98 Å². The highest BCUT2D eigenvalue weighted by molar-refractivity contribution is 5.91. The van der Waals surface area contributed by atoms with Crippen LogP contribution in [0.15, 0.2) is 36.7 Å². The lowest BCUT2D eigenvalue weighted by Crippen LogP contribution is -2.07. The molecule has 0 bridgehead atoms. The molecule has 124 valence electrons. The van der Waals surface area contributed by atoms with Crippen LogP contribution < -0.4 is 14.2 Å². The summed E-state index contributed by atoms with van der Waals surface area (Å²) in [6.45, 7) is 0.165. The lowest BCUT2D eigenvalue weighted by Gasteiger charge is -2.13. The lowest BCUT2D eigenvalue weighted by molar-refractivity contribution is 0.0471. The van der Waals surface area contributed by atoms with Crippen molar-refractivity contribution >= 4 is 18.4 Å². The molecule has 1 heterocycles. The maximum Gasteiger partial charge on any atom is 0.338 e. The molecule has 1 aromatic carbocycles. The van der Waals surface area contributed by atoms with E-state index in [1.807, 2.05) is 0 Å². The van der Waals surface area contributed by atoms with Crippen LogP contribution in [0.2, 0.25) is 0 Å². The van der Waals surface area contributed by atoms with Crippen molar-refractivity contribution in [3.8, 4) is 17.2 Å². The summed E-state index contributed by atoms with van der Waals surface area (Å²) in [6.07, 6.45) is 3.28. The number of benzene rings is 1. The van der Waals surface area contributed by atoms with E-state index < -0.39 is 5.97 Å². The molecule has 0 unspecified atom stereocenters. The number of hydrogen-bond donors (Lipinski definition) is 0. The van der Waals surface area contributed by atoms with E-state index in [2.05, 4.69) is 4.98 Å². The van der Waals surface area contributed by atoms with Crippen molar-refractivity contribution in [2.24, 2.45) is 0 Å². The number of halogens is 1. The molecule has 6 nitrogen and oxygen atoms in total. The average Bonchev–Trinajstić information content (AvgIpc) is 2.59. The smallest absolute Gasteiger partial charge is 0.338 e. The molecule has 0 N–H and O–H groups in total. The predicted octanol–water partition coefficient (Wildman–Crippen LogP) is 2.89. The van der Waals surface area contributed by atoms with Gasteiger partial charge in [0, 0.05) is 12.4 Å². The van der Waals surface area contributed by atoms with Gasteiger partial charge in [-0.15, -0.1) is 12.4 Å². The first-order chi connectivity index (χ1) is 10.7. The van der Waals surface area contributed by atoms with E-state index in [1.165, 1.54) is 21.3 Å². The van der Waals surface area contributed by atoms with Gasteiger partial charge >= 0.3 is 5.97 Å². The van der Waals surface area contributed by atoms with Crippen molar-refractivity contribution in [3.63, 3.8) is 0 Å². The lowest BCUT2D eigenvalue weighted by atomic mass is 10.2. The van der Waals surface area contributed by atoms with E-state index in [4.69, 9.17) is 18.9 Å². The number of aromatic nitrogens is 1. The van der Waals surface area contributed by atoms with E-state index >= 15 is 0 Å². The molecule has 0 amide bonds. The third-order valence-electron chi connectivity index (χ3n) is 3.02. The van der Waals surface area contributed by atoms with Crippen LogP contribution in [0.3, 0.4) is 0 Å². The van der Waals surface area contributed by atoms with Gasteiger partial charge in [-0.3, -0.25) is 4.98 Å². The fraction of sp³-hybridized carbons (Fsp3) is 0.250. The first kappa shape index (κ1) is 18.6. The summed E-state index contributed by atoms with van der Waals surface area (Å²) in [5.74, 6) is 0.752. The van der Waals surface area contributed by atoms with Crippen molar-refractivity contribution in [1.29, 1.82) is 0 Å². The number of hydrogen-bond acceptors (Lipinski definition) is 6. The fourth-order valence-corrected chi connectivity index (χ4v) is 1.91. The summed E-state index contributed by atoms with van der Waals surface area (Å²) < 4.78 is 20.9. The average molecular weight is 340 g/mol. The van der Waals surface area contributed by atoms with Crippen molar-refractivity contribution in [2.45, 2.75) is 6.61 Å². The highest BCUT2D eigenvalue weighted by Gasteiger charge is 2.17. The molecule has 0 radical (unpaired) electrons. The second kappa shape index (κ2) is 8.85. The monoisotopic (exact) mass is 339 g/mol. The zero-order valence-corrected chi connectivity index (χ0v) is 13.9. The van der Waals surface area contributed by atoms with Gasteiger partial charge < -0.3 is 18.9 Å². The molecule has 0 spiro atoms. The van der Waals surface area contributed by atoms with Crippen molar-refractivity contribution in [2.75, 3.05) is 21.3 Å². The van der Waals surface area contributed by atoms with Crippen LogP contribution in [0.1, 0.15) is 15.9 Å². The second-order valence-electron chi connectivity index (χ2n) is 4.35. The Balaban J connectivity index is 0.00000264. The summed E-state index contributed by atoms with van der Waals surface area (Å²) in [4.78, 5) is 16.1. The predicted molar refractivity (Wildman–Crippen MR) is 86.7 cm³/mol. The molecule has 0 fully saturated rings. The molecular formula is C16H18ClNO5. The van der Waals surface area contributed by atoms with Gasteiger partial charge in [0.05, 0.1) is 26.9 Å². The van der Waals surface area contributed by atoms with E-state index in [-0.39, 0.29) is 19.0 Å². The normalized spacial score (nSPS) is 9.52. The number of nitrogens with zero attached hydrogens (tertiary/aromatic N) is 1. The second-order valence-corrected chi connectivity index (χ2v) is 4.35. The Morgan fingerprint density at radius 3 is 2.04 bits per heavy atom. The molecule has 1 aromatic heterocycles. The van der Waals surface area contributed by atoms with E-state index in [0.29, 0.717) is 22.8 Å². The van der Waals surface area contributed by atoms with Crippen LogP contribution in [0.5, 0.6) is 17.2 Å². The zero-order chi connectivity index (χ0) is 15.9. The van der Waals surface area contributed by atoms with Crippen LogP contribution in [-0.2, 0) is 11.3 Å². The summed E-state index contributed by atoms with van der Waals surface area (Å²) >= 11 is 0. The first-order valence-electron chi connectivity index (χ1n) is 6.55. The molecule has 0 aliphatic heterocycles. The van der Waals surface area contributed by atoms with Gasteiger partial charge in [0.1, 0.15) is 6.61 Å². The molecule has 0 atom stereocenters. The molecular weight excluding hydrogens is 322 g/mol. The van der Waals surface area contributed by atoms with E-state index in [1.54, 1.807) is 36.7 Å². The topological polar surface area (TPSA) is 66.9 Å². The summed E-state index contributed by atoms with van der Waals surface area (Å²) in [5.41, 5.74) is 1.18. The van der Waals surface area contributed by atoms with Crippen LogP contribution in [-0.4, -0.2) is 32.3 Å². The highest BCUT2D eigenvalue weighted by Crippen LogP contribution is 2.38. The fourth-order valence-electron chi connectivity index (χ4n) is 1.91. The van der Waals surface area contributed by atoms with Crippen LogP contribution in [0.4, 0.5) is 0 Å². The van der Waals surface area contributed by atoms with Gasteiger partial charge in [0.25, 0.3) is 0 Å². The van der Waals surface area contributed by atoms with Crippen molar-refractivity contribution in [3.05, 3.63) is 47.8 Å². The molecule has 23 heavy (non-hydrogen) atoms. The number of ether oxygens (including phenoxy) is 4. The SMILES string of the molecule is COc1cc(C(=O)OCc2ccncc2)cc(OC)c1OC.Cl. The molecule has 0 aliphatic rings. The van der Waals surface area contributed by atoms with Crippen LogP contribution >= 0.6 is 12.4 Å². The number of pyridine rings is 1. The Morgan fingerprint density at radius 2 is 1.57 bits per heavy atom. The Kier molecular flexibility index (Phi) is 7.15. The molecule has 0 saturated carbocycles. The highest BCUT2D eigenvalue weighted by atomic mass is 35.5. The third kappa shape index (κ3) is 4.50. The summed E-state index contributed by atoms with van der Waals surface area (Å²) in [5, 5.41) is 0. The van der Waals surface area contributed by atoms with Crippen LogP contribution in [0.25, 0.3) is 0 Å². The Labute approximate surface area is 140 Å². The number of carbonyl (C=O) groups excluding carboxylic acids is 1. The third-order valence-corrected chi connectivity index (χ3v) is 3.02. The molecule has 7 heteroatoms. The van der Waals surface area contributed by atoms with Gasteiger partial charge in [0.15, 0.2) is 11.5 Å². The Morgan fingerprint density at radius 1 is 1.00 bits per heavy atom. The minimum atomic E-state index is -0.476. The Bertz CT molecular complexity index is 623. The molecule has 0 aliphatic carbocycles. The molecule has 2 rings (SSSR count). The quantitative estimate of drug-likeness (QED) is 0.754. The van der Waals surface area contributed by atoms with E-state index in [9.17, 15) is 4.79 Å². The molecule has 0 saturated heterocycles. The Hall–Kier alpha value is -2.47. The van der Waals surface area contributed by atoms with Gasteiger partial charge in [-0.25, -0.2) is 4.79 Å². The minimum absolute atomic E-state index is 0. The number of carbonyl (C=O) groups is 1. The van der Waals surface area contributed by atoms with Gasteiger partial charge in [0.2, 0.25) is 5.75 Å². The number of methoxy groups -OCH3 is 3. The maximum absolute atomic E-state index is 12.2. The van der Waals surface area contributed by atoms with Crippen molar-refractivity contribution < 1.29 is 23.7 Å². The van der Waals surface area contributed by atoms with Gasteiger partial charge in [-0.1, -0.05) is 0 Å². The largest absolute Gasteiger partial charge is 0.493 e. The minimum Gasteiger partial charge on any atom is -0.493 e. The molecule has 2 aromatic rings. The van der Waals surface area contributed by atoms with E-state index in [0.717, 1.165) is 5.56 Å². The first-order valence-corrected chi connectivity index (χ1v) is 6.55. The summed E-state index contributed by atoms with van der Waals surface area (Å²) in [6, 6.07) is 6.66. The van der Waals surface area contributed by atoms with Crippen LogP contribution in [0, 0.1) is 0 Å².